The van der Waals surface area contributed by atoms with Gasteiger partial charge in [0.1, 0.15) is 0 Å². The molecule has 0 aliphatic heterocycles. The number of nitrogens with one attached hydrogen (secondary N) is 1. The first-order valence-corrected chi connectivity index (χ1v) is 6.84. The van der Waals surface area contributed by atoms with Crippen molar-refractivity contribution in [3.63, 3.8) is 0 Å². The van der Waals surface area contributed by atoms with Crippen molar-refractivity contribution >= 4 is 17.6 Å². The third-order valence-electron chi connectivity index (χ3n) is 3.04. The highest BCUT2D eigenvalue weighted by Crippen LogP contribution is 2.06. The molecule has 20 heavy (non-hydrogen) atoms. The SMILES string of the molecule is CCC(CC)NC(=O)COC(=O)Cc1ccc(N)cc1. The molecule has 110 valence electrons. The Morgan fingerprint density at radius 2 is 1.80 bits per heavy atom. The lowest BCUT2D eigenvalue weighted by Crippen LogP contribution is -2.37. The minimum atomic E-state index is -0.422. The Labute approximate surface area is 119 Å². The van der Waals surface area contributed by atoms with Gasteiger partial charge in [-0.15, -0.1) is 0 Å². The van der Waals surface area contributed by atoms with E-state index in [9.17, 15) is 9.59 Å². The fourth-order valence-electron chi connectivity index (χ4n) is 1.76. The van der Waals surface area contributed by atoms with Gasteiger partial charge in [-0.05, 0) is 30.5 Å². The summed E-state index contributed by atoms with van der Waals surface area (Å²) < 4.78 is 4.95. The van der Waals surface area contributed by atoms with E-state index in [0.717, 1.165) is 18.4 Å². The zero-order valence-corrected chi connectivity index (χ0v) is 12.0. The van der Waals surface area contributed by atoms with Crippen LogP contribution in [0.4, 0.5) is 5.69 Å². The van der Waals surface area contributed by atoms with Crippen LogP contribution in [-0.4, -0.2) is 24.5 Å². The predicted octanol–water partition coefficient (Wildman–Crippen LogP) is 1.66. The van der Waals surface area contributed by atoms with Crippen LogP contribution in [0.1, 0.15) is 32.3 Å². The second kappa shape index (κ2) is 8.19. The monoisotopic (exact) mass is 278 g/mol. The van der Waals surface area contributed by atoms with Crippen LogP contribution in [-0.2, 0) is 20.7 Å². The Kier molecular flexibility index (Phi) is 6.56. The van der Waals surface area contributed by atoms with Crippen LogP contribution in [0, 0.1) is 0 Å². The number of ether oxygens (including phenoxy) is 1. The van der Waals surface area contributed by atoms with Crippen molar-refractivity contribution in [3.8, 4) is 0 Å². The lowest BCUT2D eigenvalue weighted by molar-refractivity contribution is -0.148. The molecule has 5 nitrogen and oxygen atoms in total. The van der Waals surface area contributed by atoms with Crippen LogP contribution >= 0.6 is 0 Å². The minimum Gasteiger partial charge on any atom is -0.455 e. The van der Waals surface area contributed by atoms with E-state index in [2.05, 4.69) is 5.32 Å². The Balaban J connectivity index is 2.32. The van der Waals surface area contributed by atoms with Gasteiger partial charge in [-0.25, -0.2) is 0 Å². The van der Waals surface area contributed by atoms with Crippen LogP contribution in [0.25, 0.3) is 0 Å². The molecule has 0 aliphatic rings. The van der Waals surface area contributed by atoms with E-state index >= 15 is 0 Å². The second-order valence-electron chi connectivity index (χ2n) is 4.66. The molecule has 0 atom stereocenters. The van der Waals surface area contributed by atoms with Crippen LogP contribution in [0.5, 0.6) is 0 Å². The van der Waals surface area contributed by atoms with Gasteiger partial charge in [-0.1, -0.05) is 26.0 Å². The van der Waals surface area contributed by atoms with Gasteiger partial charge in [0.05, 0.1) is 6.42 Å². The molecule has 1 amide bonds. The fraction of sp³-hybridized carbons (Fsp3) is 0.467. The first-order chi connectivity index (χ1) is 9.55. The van der Waals surface area contributed by atoms with E-state index in [-0.39, 0.29) is 25.0 Å². The quantitative estimate of drug-likeness (QED) is 0.587. The number of benzene rings is 1. The van der Waals surface area contributed by atoms with Crippen molar-refractivity contribution in [2.75, 3.05) is 12.3 Å². The summed E-state index contributed by atoms with van der Waals surface area (Å²) in [6, 6.07) is 7.12. The number of nitrogen functional groups attached to an aromatic ring is 1. The maximum absolute atomic E-state index is 11.6. The van der Waals surface area contributed by atoms with Gasteiger partial charge in [0.2, 0.25) is 0 Å². The van der Waals surface area contributed by atoms with E-state index < -0.39 is 5.97 Å². The molecule has 0 radical (unpaired) electrons. The van der Waals surface area contributed by atoms with E-state index in [1.165, 1.54) is 0 Å². The summed E-state index contributed by atoms with van der Waals surface area (Å²) >= 11 is 0. The summed E-state index contributed by atoms with van der Waals surface area (Å²) in [4.78, 5) is 23.2. The van der Waals surface area contributed by atoms with Gasteiger partial charge in [0.15, 0.2) is 6.61 Å². The zero-order chi connectivity index (χ0) is 15.0. The van der Waals surface area contributed by atoms with Crippen LogP contribution in [0.2, 0.25) is 0 Å². The normalized spacial score (nSPS) is 10.3. The third kappa shape index (κ3) is 5.73. The smallest absolute Gasteiger partial charge is 0.310 e. The number of amides is 1. The predicted molar refractivity (Wildman–Crippen MR) is 78.0 cm³/mol. The molecule has 0 aromatic heterocycles. The largest absolute Gasteiger partial charge is 0.455 e. The summed E-state index contributed by atoms with van der Waals surface area (Å²) in [5.41, 5.74) is 7.01. The summed E-state index contributed by atoms with van der Waals surface area (Å²) in [6.07, 6.45) is 1.86. The average molecular weight is 278 g/mol. The third-order valence-corrected chi connectivity index (χ3v) is 3.04. The number of anilines is 1. The molecule has 0 fully saturated rings. The number of nitrogens with two attached hydrogens (primary N) is 1. The Morgan fingerprint density at radius 1 is 1.20 bits per heavy atom. The Morgan fingerprint density at radius 3 is 2.35 bits per heavy atom. The minimum absolute atomic E-state index is 0.137. The van der Waals surface area contributed by atoms with Crippen molar-refractivity contribution < 1.29 is 14.3 Å². The molecule has 0 heterocycles. The van der Waals surface area contributed by atoms with Crippen molar-refractivity contribution in [1.82, 2.24) is 5.32 Å². The molecule has 1 rings (SSSR count). The Bertz CT molecular complexity index is 439. The summed E-state index contributed by atoms with van der Waals surface area (Å²) in [6.45, 7) is 3.77. The number of hydrogen-bond donors (Lipinski definition) is 2. The van der Waals surface area contributed by atoms with Gasteiger partial charge in [-0.3, -0.25) is 9.59 Å². The molecule has 0 saturated heterocycles. The number of hydrogen-bond acceptors (Lipinski definition) is 4. The average Bonchev–Trinajstić information content (AvgIpc) is 2.45. The standard InChI is InChI=1S/C15H22N2O3/c1-3-13(4-2)17-14(18)10-20-15(19)9-11-5-7-12(16)8-6-11/h5-8,13H,3-4,9-10,16H2,1-2H3,(H,17,18). The van der Waals surface area contributed by atoms with E-state index in [0.29, 0.717) is 5.69 Å². The zero-order valence-electron chi connectivity index (χ0n) is 12.0. The van der Waals surface area contributed by atoms with Crippen LogP contribution in [0.15, 0.2) is 24.3 Å². The first kappa shape index (κ1) is 16.0. The highest BCUT2D eigenvalue weighted by molar-refractivity contribution is 5.81. The number of carbonyl (C=O) groups excluding carboxylic acids is 2. The number of rotatable bonds is 7. The topological polar surface area (TPSA) is 81.4 Å². The lowest BCUT2D eigenvalue weighted by Gasteiger charge is -2.14. The van der Waals surface area contributed by atoms with E-state index in [1.54, 1.807) is 24.3 Å². The molecule has 0 bridgehead atoms. The van der Waals surface area contributed by atoms with E-state index in [4.69, 9.17) is 10.5 Å². The van der Waals surface area contributed by atoms with Gasteiger partial charge in [-0.2, -0.15) is 0 Å². The van der Waals surface area contributed by atoms with Gasteiger partial charge >= 0.3 is 5.97 Å². The van der Waals surface area contributed by atoms with Crippen molar-refractivity contribution in [2.45, 2.75) is 39.2 Å². The highest BCUT2D eigenvalue weighted by Gasteiger charge is 2.11. The molecule has 0 unspecified atom stereocenters. The molecule has 0 aliphatic carbocycles. The molecule has 0 spiro atoms. The first-order valence-electron chi connectivity index (χ1n) is 6.84. The Hall–Kier alpha value is -2.04. The van der Waals surface area contributed by atoms with Gasteiger partial charge in [0, 0.05) is 11.7 Å². The number of carbonyl (C=O) groups is 2. The molecule has 0 saturated carbocycles. The van der Waals surface area contributed by atoms with Crippen LogP contribution < -0.4 is 11.1 Å². The summed E-state index contributed by atoms with van der Waals surface area (Å²) in [5.74, 6) is -0.682. The van der Waals surface area contributed by atoms with Gasteiger partial charge < -0.3 is 15.8 Å². The summed E-state index contributed by atoms with van der Waals surface area (Å²) in [5, 5.41) is 2.81. The molecule has 1 aromatic rings. The molecular weight excluding hydrogens is 256 g/mol. The lowest BCUT2D eigenvalue weighted by atomic mass is 10.1. The summed E-state index contributed by atoms with van der Waals surface area (Å²) in [7, 11) is 0. The van der Waals surface area contributed by atoms with Crippen molar-refractivity contribution in [3.05, 3.63) is 29.8 Å². The maximum atomic E-state index is 11.6. The second-order valence-corrected chi connectivity index (χ2v) is 4.66. The highest BCUT2D eigenvalue weighted by atomic mass is 16.5. The molecule has 5 heteroatoms. The van der Waals surface area contributed by atoms with E-state index in [1.807, 2.05) is 13.8 Å². The van der Waals surface area contributed by atoms with Crippen LogP contribution in [0.3, 0.4) is 0 Å². The fourth-order valence-corrected chi connectivity index (χ4v) is 1.76. The van der Waals surface area contributed by atoms with Crippen molar-refractivity contribution in [1.29, 1.82) is 0 Å². The maximum Gasteiger partial charge on any atom is 0.310 e. The molecule has 3 N–H and O–H groups in total. The number of esters is 1. The molecule has 1 aromatic carbocycles. The van der Waals surface area contributed by atoms with Crippen molar-refractivity contribution in [2.24, 2.45) is 0 Å². The van der Waals surface area contributed by atoms with Gasteiger partial charge in [0.25, 0.3) is 5.91 Å². The molecular formula is C15H22N2O3.